The van der Waals surface area contributed by atoms with Crippen LogP contribution in [0.2, 0.25) is 0 Å². The number of fused-ring (bicyclic) bond motifs is 2. The highest BCUT2D eigenvalue weighted by Crippen LogP contribution is 2.28. The van der Waals surface area contributed by atoms with E-state index < -0.39 is 0 Å². The summed E-state index contributed by atoms with van der Waals surface area (Å²) in [6.07, 6.45) is 1.61. The van der Waals surface area contributed by atoms with E-state index in [1.165, 1.54) is 4.90 Å². The Bertz CT molecular complexity index is 872. The van der Waals surface area contributed by atoms with Gasteiger partial charge < -0.3 is 25.0 Å². The third-order valence-corrected chi connectivity index (χ3v) is 4.50. The summed E-state index contributed by atoms with van der Waals surface area (Å²) in [5, 5.41) is 6.06. The number of carbonyl (C=O) groups is 2. The lowest BCUT2D eigenvalue weighted by Crippen LogP contribution is -2.43. The second-order valence-electron chi connectivity index (χ2n) is 7.41. The molecule has 1 aromatic heterocycles. The van der Waals surface area contributed by atoms with Crippen LogP contribution in [0.3, 0.4) is 0 Å². The van der Waals surface area contributed by atoms with Crippen LogP contribution in [0.25, 0.3) is 0 Å². The largest absolute Gasteiger partial charge is 0.489 e. The van der Waals surface area contributed by atoms with Gasteiger partial charge in [-0.05, 0) is 30.2 Å². The minimum Gasteiger partial charge on any atom is -0.489 e. The lowest BCUT2D eigenvalue weighted by Gasteiger charge is -2.23. The van der Waals surface area contributed by atoms with Crippen molar-refractivity contribution in [1.82, 2.24) is 15.2 Å². The Morgan fingerprint density at radius 3 is 2.87 bits per heavy atom. The summed E-state index contributed by atoms with van der Waals surface area (Å²) >= 11 is 0. The monoisotopic (exact) mass is 412 g/mol. The van der Waals surface area contributed by atoms with Crippen molar-refractivity contribution >= 4 is 23.3 Å². The Kier molecular flexibility index (Phi) is 7.62. The molecule has 0 fully saturated rings. The first kappa shape index (κ1) is 21.6. The molecule has 3 rings (SSSR count). The van der Waals surface area contributed by atoms with Crippen molar-refractivity contribution in [3.8, 4) is 5.75 Å². The molecular weight excluding hydrogens is 384 g/mol. The van der Waals surface area contributed by atoms with Gasteiger partial charge in [-0.3, -0.25) is 9.59 Å². The molecule has 0 radical (unpaired) electrons. The fraction of sp³-hybridized carbons (Fsp3) is 0.409. The second-order valence-corrected chi connectivity index (χ2v) is 7.41. The van der Waals surface area contributed by atoms with Gasteiger partial charge in [0.1, 0.15) is 18.2 Å². The predicted octanol–water partition coefficient (Wildman–Crippen LogP) is 2.45. The summed E-state index contributed by atoms with van der Waals surface area (Å²) in [7, 11) is 0. The Labute approximate surface area is 176 Å². The third kappa shape index (κ3) is 5.93. The van der Waals surface area contributed by atoms with Gasteiger partial charge in [-0.2, -0.15) is 0 Å². The van der Waals surface area contributed by atoms with Gasteiger partial charge in [0, 0.05) is 19.3 Å². The van der Waals surface area contributed by atoms with Crippen LogP contribution in [0.4, 0.5) is 11.5 Å². The number of hydrogen-bond donors (Lipinski definition) is 2. The van der Waals surface area contributed by atoms with E-state index in [4.69, 9.17) is 9.47 Å². The fourth-order valence-corrected chi connectivity index (χ4v) is 2.96. The van der Waals surface area contributed by atoms with Crippen molar-refractivity contribution in [2.75, 3.05) is 44.8 Å². The van der Waals surface area contributed by atoms with Crippen LogP contribution in [0.1, 0.15) is 24.2 Å². The highest BCUT2D eigenvalue weighted by molar-refractivity contribution is 6.01. The Hall–Kier alpha value is -3.13. The predicted molar refractivity (Wildman–Crippen MR) is 114 cm³/mol. The molecule has 0 saturated heterocycles. The summed E-state index contributed by atoms with van der Waals surface area (Å²) in [6.45, 7) is 5.89. The van der Waals surface area contributed by atoms with E-state index in [2.05, 4.69) is 15.6 Å². The summed E-state index contributed by atoms with van der Waals surface area (Å²) in [4.78, 5) is 31.5. The maximum Gasteiger partial charge on any atom is 0.258 e. The van der Waals surface area contributed by atoms with Crippen molar-refractivity contribution in [2.24, 2.45) is 5.92 Å². The summed E-state index contributed by atoms with van der Waals surface area (Å²) in [5.74, 6) is 0.901. The number of hydrogen-bond acceptors (Lipinski definition) is 6. The van der Waals surface area contributed by atoms with Gasteiger partial charge in [-0.15, -0.1) is 0 Å². The van der Waals surface area contributed by atoms with Gasteiger partial charge in [-0.25, -0.2) is 4.98 Å². The first-order valence-corrected chi connectivity index (χ1v) is 10.1. The molecule has 2 aromatic rings. The van der Waals surface area contributed by atoms with Crippen LogP contribution in [0.15, 0.2) is 42.6 Å². The van der Waals surface area contributed by atoms with Crippen molar-refractivity contribution in [2.45, 2.75) is 13.8 Å². The average molecular weight is 412 g/mol. The Balaban J connectivity index is 1.87. The minimum atomic E-state index is -0.286. The SMILES string of the molecule is CC(C)CNC(=O)CN1CCOCCOc2ccccc2Nc2ncccc2C1=O. The molecule has 1 aromatic carbocycles. The van der Waals surface area contributed by atoms with Gasteiger partial charge in [0.15, 0.2) is 0 Å². The number of para-hydroxylation sites is 2. The van der Waals surface area contributed by atoms with Crippen LogP contribution in [0, 0.1) is 5.92 Å². The minimum absolute atomic E-state index is 0.0453. The molecule has 1 aliphatic heterocycles. The van der Waals surface area contributed by atoms with E-state index in [1.54, 1.807) is 18.3 Å². The number of nitrogens with one attached hydrogen (secondary N) is 2. The van der Waals surface area contributed by atoms with E-state index in [0.717, 1.165) is 0 Å². The summed E-state index contributed by atoms with van der Waals surface area (Å²) < 4.78 is 11.4. The molecule has 2 N–H and O–H groups in total. The smallest absolute Gasteiger partial charge is 0.258 e. The van der Waals surface area contributed by atoms with Gasteiger partial charge in [0.05, 0.1) is 31.0 Å². The van der Waals surface area contributed by atoms with E-state index in [-0.39, 0.29) is 24.9 Å². The molecule has 0 unspecified atom stereocenters. The number of rotatable bonds is 4. The van der Waals surface area contributed by atoms with E-state index in [0.29, 0.717) is 55.1 Å². The van der Waals surface area contributed by atoms with Gasteiger partial charge >= 0.3 is 0 Å². The lowest BCUT2D eigenvalue weighted by molar-refractivity contribution is -0.122. The molecule has 160 valence electrons. The van der Waals surface area contributed by atoms with Crippen LogP contribution < -0.4 is 15.4 Å². The van der Waals surface area contributed by atoms with E-state index in [9.17, 15) is 9.59 Å². The number of ether oxygens (including phenoxy) is 2. The number of nitrogens with zero attached hydrogens (tertiary/aromatic N) is 2. The lowest BCUT2D eigenvalue weighted by atomic mass is 10.2. The molecule has 0 spiro atoms. The van der Waals surface area contributed by atoms with Gasteiger partial charge in [0.25, 0.3) is 5.91 Å². The van der Waals surface area contributed by atoms with Crippen molar-refractivity contribution in [3.63, 3.8) is 0 Å². The Morgan fingerprint density at radius 2 is 2.03 bits per heavy atom. The van der Waals surface area contributed by atoms with Gasteiger partial charge in [-0.1, -0.05) is 26.0 Å². The first-order valence-electron chi connectivity index (χ1n) is 10.1. The molecular formula is C22H28N4O4. The zero-order valence-corrected chi connectivity index (χ0v) is 17.4. The maximum absolute atomic E-state index is 13.3. The molecule has 2 amide bonds. The quantitative estimate of drug-likeness (QED) is 0.801. The number of pyridine rings is 1. The number of carbonyl (C=O) groups excluding carboxylic acids is 2. The van der Waals surface area contributed by atoms with Crippen molar-refractivity contribution in [3.05, 3.63) is 48.2 Å². The molecule has 0 bridgehead atoms. The molecule has 30 heavy (non-hydrogen) atoms. The molecule has 2 heterocycles. The third-order valence-electron chi connectivity index (χ3n) is 4.50. The zero-order valence-electron chi connectivity index (χ0n) is 17.4. The van der Waals surface area contributed by atoms with Gasteiger partial charge in [0.2, 0.25) is 5.91 Å². The van der Waals surface area contributed by atoms with Crippen LogP contribution in [0.5, 0.6) is 5.75 Å². The topological polar surface area (TPSA) is 92.8 Å². The van der Waals surface area contributed by atoms with E-state index in [1.807, 2.05) is 38.1 Å². The Morgan fingerprint density at radius 1 is 1.20 bits per heavy atom. The second kappa shape index (κ2) is 10.6. The molecule has 0 atom stereocenters. The molecule has 0 saturated carbocycles. The number of anilines is 2. The first-order chi connectivity index (χ1) is 14.5. The molecule has 8 nitrogen and oxygen atoms in total. The van der Waals surface area contributed by atoms with Crippen molar-refractivity contribution in [1.29, 1.82) is 0 Å². The van der Waals surface area contributed by atoms with Crippen LogP contribution in [-0.4, -0.2) is 61.2 Å². The van der Waals surface area contributed by atoms with Crippen LogP contribution >= 0.6 is 0 Å². The van der Waals surface area contributed by atoms with Crippen molar-refractivity contribution < 1.29 is 19.1 Å². The molecule has 8 heteroatoms. The summed E-state index contributed by atoms with van der Waals surface area (Å²) in [6, 6.07) is 10.8. The highest BCUT2D eigenvalue weighted by atomic mass is 16.5. The number of amides is 2. The zero-order chi connectivity index (χ0) is 21.3. The average Bonchev–Trinajstić information content (AvgIpc) is 2.75. The molecule has 0 aliphatic carbocycles. The standard InChI is InChI=1S/C22H28N4O4/c1-16(2)14-24-20(27)15-26-10-11-29-12-13-30-19-8-4-3-7-18(19)25-21-17(22(26)28)6-5-9-23-21/h3-9,16H,10-15H2,1-2H3,(H,23,25)(H,24,27). The normalized spacial score (nSPS) is 14.9. The fourth-order valence-electron chi connectivity index (χ4n) is 2.96. The molecule has 1 aliphatic rings. The number of benzene rings is 1. The summed E-state index contributed by atoms with van der Waals surface area (Å²) in [5.41, 5.74) is 1.08. The maximum atomic E-state index is 13.3. The highest BCUT2D eigenvalue weighted by Gasteiger charge is 2.23. The van der Waals surface area contributed by atoms with E-state index >= 15 is 0 Å². The number of aromatic nitrogens is 1. The van der Waals surface area contributed by atoms with Crippen LogP contribution in [-0.2, 0) is 9.53 Å².